The average molecular weight is 405 g/mol. The Morgan fingerprint density at radius 2 is 1.75 bits per heavy atom. The molecule has 0 fully saturated rings. The van der Waals surface area contributed by atoms with Crippen molar-refractivity contribution in [3.8, 4) is 5.75 Å². The van der Waals surface area contributed by atoms with Gasteiger partial charge in [-0.1, -0.05) is 19.9 Å². The number of hydrogen-bond acceptors (Lipinski definition) is 4. The Morgan fingerprint density at radius 1 is 1.07 bits per heavy atom. The van der Waals surface area contributed by atoms with E-state index in [9.17, 15) is 13.2 Å². The first-order valence-corrected chi connectivity index (χ1v) is 11.0. The van der Waals surface area contributed by atoms with E-state index >= 15 is 0 Å². The van der Waals surface area contributed by atoms with Crippen LogP contribution in [0.5, 0.6) is 5.75 Å². The van der Waals surface area contributed by atoms with Crippen LogP contribution in [-0.4, -0.2) is 27.7 Å². The molecular weight excluding hydrogens is 376 g/mol. The number of sulfonamides is 1. The van der Waals surface area contributed by atoms with E-state index in [2.05, 4.69) is 30.0 Å². The number of amides is 1. The van der Waals surface area contributed by atoms with Gasteiger partial charge in [0, 0.05) is 11.3 Å². The van der Waals surface area contributed by atoms with Gasteiger partial charge < -0.3 is 10.1 Å². The second-order valence-electron chi connectivity index (χ2n) is 7.26. The second-order valence-corrected chi connectivity index (χ2v) is 9.00. The molecule has 0 radical (unpaired) electrons. The van der Waals surface area contributed by atoms with Crippen LogP contribution in [0.3, 0.4) is 0 Å². The second kappa shape index (κ2) is 8.65. The van der Waals surface area contributed by atoms with Crippen molar-refractivity contribution in [2.75, 3.05) is 18.1 Å². The summed E-state index contributed by atoms with van der Waals surface area (Å²) in [6.07, 6.45) is 1.07. The molecule has 0 bridgehead atoms. The van der Waals surface area contributed by atoms with Crippen LogP contribution in [0.1, 0.15) is 59.8 Å². The quantitative estimate of drug-likeness (QED) is 0.731. The molecule has 2 aromatic carbocycles. The smallest absolute Gasteiger partial charge is 0.251 e. The molecule has 152 valence electrons. The fourth-order valence-electron chi connectivity index (χ4n) is 3.11. The first-order valence-electron chi connectivity index (χ1n) is 9.09. The van der Waals surface area contributed by atoms with Crippen LogP contribution in [0.25, 0.3) is 0 Å². The van der Waals surface area contributed by atoms with Gasteiger partial charge >= 0.3 is 0 Å². The monoisotopic (exact) mass is 404 g/mol. The lowest BCUT2D eigenvalue weighted by atomic mass is 9.93. The Labute approximate surface area is 167 Å². The van der Waals surface area contributed by atoms with Gasteiger partial charge in [0.2, 0.25) is 10.0 Å². The molecule has 28 heavy (non-hydrogen) atoms. The van der Waals surface area contributed by atoms with Gasteiger partial charge in [-0.2, -0.15) is 0 Å². The highest BCUT2D eigenvalue weighted by Gasteiger charge is 2.18. The van der Waals surface area contributed by atoms with Crippen LogP contribution in [0.4, 0.5) is 5.69 Å². The van der Waals surface area contributed by atoms with E-state index in [0.717, 1.165) is 28.7 Å². The average Bonchev–Trinajstić information content (AvgIpc) is 2.59. The topological polar surface area (TPSA) is 84.5 Å². The highest BCUT2D eigenvalue weighted by atomic mass is 32.2. The van der Waals surface area contributed by atoms with Crippen LogP contribution < -0.4 is 14.8 Å². The maximum Gasteiger partial charge on any atom is 0.251 e. The summed E-state index contributed by atoms with van der Waals surface area (Å²) in [5.74, 6) is 0.858. The summed E-state index contributed by atoms with van der Waals surface area (Å²) in [4.78, 5) is 12.7. The molecule has 2 N–H and O–H groups in total. The van der Waals surface area contributed by atoms with Gasteiger partial charge in [0.15, 0.2) is 0 Å². The van der Waals surface area contributed by atoms with Gasteiger partial charge in [-0.05, 0) is 66.8 Å². The zero-order valence-electron chi connectivity index (χ0n) is 17.2. The van der Waals surface area contributed by atoms with E-state index in [1.54, 1.807) is 25.3 Å². The van der Waals surface area contributed by atoms with Crippen molar-refractivity contribution in [3.63, 3.8) is 0 Å². The lowest BCUT2D eigenvalue weighted by Gasteiger charge is -2.21. The largest absolute Gasteiger partial charge is 0.496 e. The third kappa shape index (κ3) is 5.48. The van der Waals surface area contributed by atoms with Gasteiger partial charge in [0.05, 0.1) is 19.4 Å². The molecule has 1 amide bonds. The van der Waals surface area contributed by atoms with Crippen molar-refractivity contribution in [1.29, 1.82) is 0 Å². The highest BCUT2D eigenvalue weighted by Crippen LogP contribution is 2.32. The van der Waals surface area contributed by atoms with E-state index in [1.807, 2.05) is 19.9 Å². The SMILES string of the molecule is COc1cc(C)c([C@H](C)NC(=O)c2cccc(NS(C)(=O)=O)c2)cc1C(C)C. The van der Waals surface area contributed by atoms with Crippen LogP contribution in [0.15, 0.2) is 36.4 Å². The molecule has 0 aliphatic rings. The number of aryl methyl sites for hydroxylation is 1. The predicted octanol–water partition coefficient (Wildman–Crippen LogP) is 3.99. The van der Waals surface area contributed by atoms with Crippen LogP contribution in [0.2, 0.25) is 0 Å². The molecule has 0 aliphatic carbocycles. The van der Waals surface area contributed by atoms with Gasteiger partial charge in [0.25, 0.3) is 5.91 Å². The van der Waals surface area contributed by atoms with E-state index < -0.39 is 10.0 Å². The van der Waals surface area contributed by atoms with Crippen molar-refractivity contribution in [3.05, 3.63) is 58.7 Å². The zero-order valence-corrected chi connectivity index (χ0v) is 18.0. The standard InChI is InChI=1S/C21H28N2O4S/c1-13(2)18-12-19(14(3)10-20(18)27-5)15(4)22-21(24)16-8-7-9-17(11-16)23-28(6,25)26/h7-13,15,23H,1-6H3,(H,22,24)/t15-/m0/s1. The normalized spacial score (nSPS) is 12.5. The third-order valence-corrected chi connectivity index (χ3v) is 5.09. The predicted molar refractivity (Wildman–Crippen MR) is 113 cm³/mol. The van der Waals surface area contributed by atoms with Gasteiger partial charge in [-0.15, -0.1) is 0 Å². The molecule has 0 saturated carbocycles. The van der Waals surface area contributed by atoms with Crippen molar-refractivity contribution >= 4 is 21.6 Å². The Hall–Kier alpha value is -2.54. The molecule has 6 nitrogen and oxygen atoms in total. The maximum atomic E-state index is 12.7. The Morgan fingerprint density at radius 3 is 2.32 bits per heavy atom. The molecule has 0 saturated heterocycles. The minimum atomic E-state index is -3.40. The Kier molecular flexibility index (Phi) is 6.72. The van der Waals surface area contributed by atoms with Gasteiger partial charge in [-0.3, -0.25) is 9.52 Å². The lowest BCUT2D eigenvalue weighted by Crippen LogP contribution is -2.27. The Bertz CT molecular complexity index is 968. The molecule has 0 unspecified atom stereocenters. The van der Waals surface area contributed by atoms with Crippen molar-refractivity contribution in [2.24, 2.45) is 0 Å². The van der Waals surface area contributed by atoms with Gasteiger partial charge in [0.1, 0.15) is 5.75 Å². The summed E-state index contributed by atoms with van der Waals surface area (Å²) >= 11 is 0. The first-order chi connectivity index (χ1) is 13.0. The van der Waals surface area contributed by atoms with Crippen molar-refractivity contribution in [2.45, 2.75) is 39.7 Å². The molecule has 0 heterocycles. The summed E-state index contributed by atoms with van der Waals surface area (Å²) in [6.45, 7) is 8.11. The number of benzene rings is 2. The van der Waals surface area contributed by atoms with E-state index in [-0.39, 0.29) is 17.9 Å². The molecule has 0 aliphatic heterocycles. The summed E-state index contributed by atoms with van der Waals surface area (Å²) in [5, 5.41) is 2.99. The molecule has 7 heteroatoms. The number of anilines is 1. The van der Waals surface area contributed by atoms with Crippen molar-refractivity contribution in [1.82, 2.24) is 5.32 Å². The Balaban J connectivity index is 2.25. The fourth-order valence-corrected chi connectivity index (χ4v) is 3.66. The number of methoxy groups -OCH3 is 1. The van der Waals surface area contributed by atoms with Gasteiger partial charge in [-0.25, -0.2) is 8.42 Å². The number of nitrogens with one attached hydrogen (secondary N) is 2. The summed E-state index contributed by atoms with van der Waals surface area (Å²) < 4.78 is 30.7. The van der Waals surface area contributed by atoms with E-state index in [0.29, 0.717) is 11.3 Å². The molecule has 0 aromatic heterocycles. The van der Waals surface area contributed by atoms with Crippen LogP contribution >= 0.6 is 0 Å². The molecule has 2 rings (SSSR count). The zero-order chi connectivity index (χ0) is 21.1. The summed E-state index contributed by atoms with van der Waals surface area (Å²) in [6, 6.07) is 10.3. The number of rotatable bonds is 7. The number of carbonyl (C=O) groups excluding carboxylic acids is 1. The van der Waals surface area contributed by atoms with Crippen LogP contribution in [-0.2, 0) is 10.0 Å². The van der Waals surface area contributed by atoms with E-state index in [1.165, 1.54) is 6.07 Å². The minimum absolute atomic E-state index is 0.220. The number of ether oxygens (including phenoxy) is 1. The lowest BCUT2D eigenvalue weighted by molar-refractivity contribution is 0.0940. The fraction of sp³-hybridized carbons (Fsp3) is 0.381. The number of hydrogen-bond donors (Lipinski definition) is 2. The molecule has 1 atom stereocenters. The maximum absolute atomic E-state index is 12.7. The first kappa shape index (κ1) is 21.8. The molecule has 2 aromatic rings. The van der Waals surface area contributed by atoms with Crippen molar-refractivity contribution < 1.29 is 17.9 Å². The molecule has 0 spiro atoms. The highest BCUT2D eigenvalue weighted by molar-refractivity contribution is 7.92. The summed E-state index contributed by atoms with van der Waals surface area (Å²) in [7, 11) is -1.75. The third-order valence-electron chi connectivity index (χ3n) is 4.48. The number of carbonyl (C=O) groups is 1. The summed E-state index contributed by atoms with van der Waals surface area (Å²) in [5.41, 5.74) is 3.87. The van der Waals surface area contributed by atoms with E-state index in [4.69, 9.17) is 4.74 Å². The van der Waals surface area contributed by atoms with Crippen LogP contribution in [0, 0.1) is 6.92 Å². The molecular formula is C21H28N2O4S. The minimum Gasteiger partial charge on any atom is -0.496 e.